The van der Waals surface area contributed by atoms with E-state index in [1.54, 1.807) is 11.1 Å². The highest BCUT2D eigenvalue weighted by atomic mass is 16.3. The van der Waals surface area contributed by atoms with Gasteiger partial charge in [0.2, 0.25) is 0 Å². The molecule has 2 N–H and O–H groups in total. The molecule has 0 atom stereocenters. The van der Waals surface area contributed by atoms with Crippen LogP contribution in [0.1, 0.15) is 27.4 Å². The predicted molar refractivity (Wildman–Crippen MR) is 102 cm³/mol. The van der Waals surface area contributed by atoms with E-state index in [1.165, 1.54) is 0 Å². The van der Waals surface area contributed by atoms with E-state index in [-0.39, 0.29) is 19.1 Å². The van der Waals surface area contributed by atoms with Gasteiger partial charge in [0.15, 0.2) is 0 Å². The van der Waals surface area contributed by atoms with Crippen LogP contribution in [0.15, 0.2) is 54.7 Å². The quantitative estimate of drug-likeness (QED) is 0.717. The Morgan fingerprint density at radius 2 is 1.96 bits per heavy atom. The van der Waals surface area contributed by atoms with Crippen LogP contribution in [0.25, 0.3) is 11.1 Å². The smallest absolute Gasteiger partial charge is 0.254 e. The van der Waals surface area contributed by atoms with E-state index >= 15 is 0 Å². The highest BCUT2D eigenvalue weighted by Crippen LogP contribution is 2.26. The van der Waals surface area contributed by atoms with Gasteiger partial charge in [-0.25, -0.2) is 4.98 Å². The Morgan fingerprint density at radius 1 is 1.15 bits per heavy atom. The fraction of sp³-hybridized carbons (Fsp3) is 0.238. The number of benzene rings is 2. The van der Waals surface area contributed by atoms with Crippen molar-refractivity contribution in [3.8, 4) is 11.1 Å². The normalized spacial score (nSPS) is 10.7. The zero-order valence-corrected chi connectivity index (χ0v) is 15.1. The lowest BCUT2D eigenvalue weighted by Gasteiger charge is -2.22. The molecule has 0 unspecified atom stereocenters. The molecule has 0 spiro atoms. The van der Waals surface area contributed by atoms with Crippen molar-refractivity contribution in [1.29, 1.82) is 0 Å². The van der Waals surface area contributed by atoms with Gasteiger partial charge in [-0.15, -0.1) is 0 Å². The molecule has 0 aliphatic carbocycles. The van der Waals surface area contributed by atoms with Crippen LogP contribution in [0.2, 0.25) is 0 Å². The summed E-state index contributed by atoms with van der Waals surface area (Å²) in [5, 5.41) is 9.42. The van der Waals surface area contributed by atoms with Crippen molar-refractivity contribution in [2.45, 2.75) is 20.4 Å². The minimum absolute atomic E-state index is 0.0918. The number of amides is 1. The first kappa shape index (κ1) is 17.9. The van der Waals surface area contributed by atoms with Gasteiger partial charge in [-0.2, -0.15) is 0 Å². The highest BCUT2D eigenvalue weighted by molar-refractivity contribution is 6.00. The molecule has 26 heavy (non-hydrogen) atoms. The molecule has 0 saturated heterocycles. The standard InChI is InChI=1S/C21H23N3O2/c1-15-6-5-7-17(12-15)19-8-3-4-9-20(19)21(26)24(10-11-25)14-18-13-22-16(2)23-18/h3-9,12-13,25H,10-11,14H2,1-2H3,(H,22,23). The number of carbonyl (C=O) groups is 1. The number of aryl methyl sites for hydroxylation is 2. The predicted octanol–water partition coefficient (Wildman–Crippen LogP) is 3.33. The van der Waals surface area contributed by atoms with Crippen molar-refractivity contribution < 1.29 is 9.90 Å². The van der Waals surface area contributed by atoms with Gasteiger partial charge in [0.05, 0.1) is 25.0 Å². The Kier molecular flexibility index (Phi) is 5.49. The maximum absolute atomic E-state index is 13.2. The van der Waals surface area contributed by atoms with E-state index in [2.05, 4.69) is 16.0 Å². The Balaban J connectivity index is 1.94. The van der Waals surface area contributed by atoms with E-state index in [0.29, 0.717) is 12.1 Å². The third kappa shape index (κ3) is 4.00. The zero-order valence-electron chi connectivity index (χ0n) is 15.1. The maximum Gasteiger partial charge on any atom is 0.254 e. The number of imidazole rings is 1. The summed E-state index contributed by atoms with van der Waals surface area (Å²) in [6.07, 6.45) is 1.72. The molecule has 0 aliphatic heterocycles. The Hall–Kier alpha value is -2.92. The molecule has 3 rings (SSSR count). The summed E-state index contributed by atoms with van der Waals surface area (Å²) in [5.74, 6) is 0.694. The number of aliphatic hydroxyl groups excluding tert-OH is 1. The number of nitrogens with one attached hydrogen (secondary N) is 1. The Morgan fingerprint density at radius 3 is 2.65 bits per heavy atom. The first-order valence-corrected chi connectivity index (χ1v) is 8.65. The summed E-state index contributed by atoms with van der Waals surface area (Å²) in [6, 6.07) is 15.7. The zero-order chi connectivity index (χ0) is 18.5. The van der Waals surface area contributed by atoms with Crippen LogP contribution < -0.4 is 0 Å². The molecule has 1 aromatic heterocycles. The summed E-state index contributed by atoms with van der Waals surface area (Å²) in [5.41, 5.74) is 4.52. The molecule has 134 valence electrons. The number of H-pyrrole nitrogens is 1. The fourth-order valence-electron chi connectivity index (χ4n) is 3.04. The molecule has 1 heterocycles. The number of rotatable bonds is 6. The molecular weight excluding hydrogens is 326 g/mol. The van der Waals surface area contributed by atoms with Gasteiger partial charge in [-0.05, 0) is 31.0 Å². The minimum Gasteiger partial charge on any atom is -0.395 e. The summed E-state index contributed by atoms with van der Waals surface area (Å²) in [4.78, 5) is 22.2. The highest BCUT2D eigenvalue weighted by Gasteiger charge is 2.20. The van der Waals surface area contributed by atoms with Crippen molar-refractivity contribution in [3.05, 3.63) is 77.4 Å². The minimum atomic E-state index is -0.108. The van der Waals surface area contributed by atoms with Crippen LogP contribution in [-0.2, 0) is 6.54 Å². The number of aromatic amines is 1. The first-order valence-electron chi connectivity index (χ1n) is 8.65. The van der Waals surface area contributed by atoms with E-state index < -0.39 is 0 Å². The van der Waals surface area contributed by atoms with Crippen molar-refractivity contribution in [2.75, 3.05) is 13.2 Å². The maximum atomic E-state index is 13.2. The largest absolute Gasteiger partial charge is 0.395 e. The van der Waals surface area contributed by atoms with Crippen molar-refractivity contribution >= 4 is 5.91 Å². The second-order valence-corrected chi connectivity index (χ2v) is 6.36. The average molecular weight is 349 g/mol. The van der Waals surface area contributed by atoms with Crippen LogP contribution in [0.5, 0.6) is 0 Å². The lowest BCUT2D eigenvalue weighted by atomic mass is 9.97. The summed E-state index contributed by atoms with van der Waals surface area (Å²) in [7, 11) is 0. The number of carbonyl (C=O) groups excluding carboxylic acids is 1. The molecule has 5 nitrogen and oxygen atoms in total. The molecule has 1 amide bonds. The molecular formula is C21H23N3O2. The van der Waals surface area contributed by atoms with Gasteiger partial charge in [0.1, 0.15) is 5.82 Å². The number of hydrogen-bond donors (Lipinski definition) is 2. The second kappa shape index (κ2) is 7.97. The van der Waals surface area contributed by atoms with Gasteiger partial charge >= 0.3 is 0 Å². The van der Waals surface area contributed by atoms with E-state index in [0.717, 1.165) is 28.2 Å². The third-order valence-corrected chi connectivity index (χ3v) is 4.26. The summed E-state index contributed by atoms with van der Waals surface area (Å²) < 4.78 is 0. The summed E-state index contributed by atoms with van der Waals surface area (Å²) in [6.45, 7) is 4.45. The molecule has 0 aliphatic rings. The number of hydrogen-bond acceptors (Lipinski definition) is 3. The molecule has 0 saturated carbocycles. The van der Waals surface area contributed by atoms with Crippen molar-refractivity contribution in [3.63, 3.8) is 0 Å². The lowest BCUT2D eigenvalue weighted by Crippen LogP contribution is -2.33. The number of aromatic nitrogens is 2. The monoisotopic (exact) mass is 349 g/mol. The average Bonchev–Trinajstić information content (AvgIpc) is 3.05. The topological polar surface area (TPSA) is 69.2 Å². The van der Waals surface area contributed by atoms with Crippen LogP contribution >= 0.6 is 0 Å². The van der Waals surface area contributed by atoms with Gasteiger partial charge in [0, 0.05) is 12.1 Å². The van der Waals surface area contributed by atoms with Crippen molar-refractivity contribution in [2.24, 2.45) is 0 Å². The fourth-order valence-corrected chi connectivity index (χ4v) is 3.04. The first-order chi connectivity index (χ1) is 12.6. The van der Waals surface area contributed by atoms with Gasteiger partial charge in [-0.3, -0.25) is 4.79 Å². The summed E-state index contributed by atoms with van der Waals surface area (Å²) >= 11 is 0. The van der Waals surface area contributed by atoms with Crippen LogP contribution in [0.3, 0.4) is 0 Å². The molecule has 0 bridgehead atoms. The number of aliphatic hydroxyl groups is 1. The molecule has 5 heteroatoms. The van der Waals surface area contributed by atoms with Gasteiger partial charge < -0.3 is 15.0 Å². The SMILES string of the molecule is Cc1cccc(-c2ccccc2C(=O)N(CCO)Cc2cnc(C)[nH]2)c1. The van der Waals surface area contributed by atoms with E-state index in [9.17, 15) is 9.90 Å². The molecule has 0 radical (unpaired) electrons. The third-order valence-electron chi connectivity index (χ3n) is 4.26. The molecule has 2 aromatic carbocycles. The Labute approximate surface area is 153 Å². The molecule has 0 fully saturated rings. The molecule has 3 aromatic rings. The van der Waals surface area contributed by atoms with Crippen LogP contribution in [-0.4, -0.2) is 39.0 Å². The van der Waals surface area contributed by atoms with E-state index in [4.69, 9.17) is 0 Å². The van der Waals surface area contributed by atoms with Crippen LogP contribution in [0.4, 0.5) is 0 Å². The Bertz CT molecular complexity index is 902. The lowest BCUT2D eigenvalue weighted by molar-refractivity contribution is 0.0706. The number of nitrogens with zero attached hydrogens (tertiary/aromatic N) is 2. The second-order valence-electron chi connectivity index (χ2n) is 6.36. The van der Waals surface area contributed by atoms with Gasteiger partial charge in [0.25, 0.3) is 5.91 Å². The van der Waals surface area contributed by atoms with E-state index in [1.807, 2.05) is 56.3 Å². The van der Waals surface area contributed by atoms with Gasteiger partial charge in [-0.1, -0.05) is 48.0 Å². The van der Waals surface area contributed by atoms with Crippen LogP contribution in [0, 0.1) is 13.8 Å². The van der Waals surface area contributed by atoms with Crippen molar-refractivity contribution in [1.82, 2.24) is 14.9 Å².